The molecule has 3 fully saturated rings. The standard InChI is InChI=1S/C22H34O4/c1-14(24)26-17-7-9-20(3)15(21(17,4)13-23)6-10-22-12-11-19(2,18(22)25)8-5-16(20)22/h11-12,15-18,23,25H,5-10,13H2,1-4H3. The molecule has 2 bridgehead atoms. The summed E-state index contributed by atoms with van der Waals surface area (Å²) in [5, 5.41) is 21.6. The van der Waals surface area contributed by atoms with Crippen molar-refractivity contribution in [3.05, 3.63) is 12.2 Å². The predicted molar refractivity (Wildman–Crippen MR) is 99.2 cm³/mol. The lowest BCUT2D eigenvalue weighted by Crippen LogP contribution is -2.64. The van der Waals surface area contributed by atoms with E-state index in [0.29, 0.717) is 11.8 Å². The summed E-state index contributed by atoms with van der Waals surface area (Å²) >= 11 is 0. The lowest BCUT2D eigenvalue weighted by molar-refractivity contribution is -0.224. The molecule has 26 heavy (non-hydrogen) atoms. The highest BCUT2D eigenvalue weighted by Crippen LogP contribution is 2.71. The van der Waals surface area contributed by atoms with Crippen molar-refractivity contribution in [2.24, 2.45) is 33.5 Å². The maximum atomic E-state index is 11.6. The van der Waals surface area contributed by atoms with Crippen LogP contribution < -0.4 is 0 Å². The third-order valence-electron chi connectivity index (χ3n) is 9.11. The van der Waals surface area contributed by atoms with Crippen molar-refractivity contribution in [2.75, 3.05) is 6.61 Å². The lowest BCUT2D eigenvalue weighted by Gasteiger charge is -2.66. The third-order valence-corrected chi connectivity index (χ3v) is 9.11. The van der Waals surface area contributed by atoms with Gasteiger partial charge in [-0.3, -0.25) is 4.79 Å². The van der Waals surface area contributed by atoms with E-state index in [1.54, 1.807) is 0 Å². The Balaban J connectivity index is 1.72. The predicted octanol–water partition coefficient (Wildman–Crippen LogP) is 3.46. The summed E-state index contributed by atoms with van der Waals surface area (Å²) in [6.45, 7) is 8.18. The van der Waals surface area contributed by atoms with Gasteiger partial charge in [0.25, 0.3) is 0 Å². The fourth-order valence-corrected chi connectivity index (χ4v) is 7.73. The Morgan fingerprint density at radius 3 is 2.42 bits per heavy atom. The van der Waals surface area contributed by atoms with Gasteiger partial charge in [-0.05, 0) is 55.8 Å². The third kappa shape index (κ3) is 2.12. The van der Waals surface area contributed by atoms with E-state index in [4.69, 9.17) is 4.74 Å². The molecule has 4 aliphatic carbocycles. The van der Waals surface area contributed by atoms with E-state index in [-0.39, 0.29) is 41.0 Å². The number of fused-ring (bicyclic) bond motifs is 3. The molecule has 0 aromatic heterocycles. The van der Waals surface area contributed by atoms with E-state index in [9.17, 15) is 15.0 Å². The fourth-order valence-electron chi connectivity index (χ4n) is 7.73. The van der Waals surface area contributed by atoms with E-state index in [2.05, 4.69) is 32.9 Å². The zero-order valence-electron chi connectivity index (χ0n) is 16.6. The lowest BCUT2D eigenvalue weighted by atomic mass is 9.39. The van der Waals surface area contributed by atoms with E-state index in [1.165, 1.54) is 6.92 Å². The summed E-state index contributed by atoms with van der Waals surface area (Å²) in [4.78, 5) is 11.6. The second-order valence-corrected chi connectivity index (χ2v) is 10.3. The van der Waals surface area contributed by atoms with Crippen LogP contribution in [0.5, 0.6) is 0 Å². The molecule has 0 aliphatic heterocycles. The summed E-state index contributed by atoms with van der Waals surface area (Å²) in [5.41, 5.74) is -0.532. The highest BCUT2D eigenvalue weighted by molar-refractivity contribution is 5.66. The van der Waals surface area contributed by atoms with Crippen molar-refractivity contribution >= 4 is 5.97 Å². The van der Waals surface area contributed by atoms with Crippen LogP contribution >= 0.6 is 0 Å². The van der Waals surface area contributed by atoms with Crippen molar-refractivity contribution in [3.63, 3.8) is 0 Å². The average Bonchev–Trinajstić information content (AvgIpc) is 2.74. The molecule has 0 amide bonds. The van der Waals surface area contributed by atoms with E-state index >= 15 is 0 Å². The normalized spacial score (nSPS) is 55.2. The van der Waals surface area contributed by atoms with Crippen molar-refractivity contribution in [1.82, 2.24) is 0 Å². The molecule has 4 nitrogen and oxygen atoms in total. The van der Waals surface area contributed by atoms with Gasteiger partial charge in [0.15, 0.2) is 0 Å². The smallest absolute Gasteiger partial charge is 0.302 e. The van der Waals surface area contributed by atoms with Gasteiger partial charge in [0.05, 0.1) is 12.7 Å². The molecule has 0 saturated heterocycles. The molecule has 0 heterocycles. The number of aliphatic hydroxyl groups is 2. The Labute approximate surface area is 157 Å². The monoisotopic (exact) mass is 362 g/mol. The van der Waals surface area contributed by atoms with Gasteiger partial charge < -0.3 is 14.9 Å². The number of rotatable bonds is 2. The molecule has 3 saturated carbocycles. The van der Waals surface area contributed by atoms with Crippen molar-refractivity contribution in [2.45, 2.75) is 78.4 Å². The zero-order valence-corrected chi connectivity index (χ0v) is 16.6. The second-order valence-electron chi connectivity index (χ2n) is 10.3. The summed E-state index contributed by atoms with van der Waals surface area (Å²) in [5.74, 6) is 0.479. The highest BCUT2D eigenvalue weighted by Gasteiger charge is 2.68. The molecule has 0 aromatic carbocycles. The molecule has 146 valence electrons. The second kappa shape index (κ2) is 5.57. The molecular formula is C22H34O4. The van der Waals surface area contributed by atoms with E-state index in [0.717, 1.165) is 38.5 Å². The first kappa shape index (κ1) is 18.5. The molecule has 1 spiro atoms. The molecular weight excluding hydrogens is 328 g/mol. The van der Waals surface area contributed by atoms with Crippen molar-refractivity contribution in [1.29, 1.82) is 0 Å². The summed E-state index contributed by atoms with van der Waals surface area (Å²) in [7, 11) is 0. The van der Waals surface area contributed by atoms with Gasteiger partial charge in [0.1, 0.15) is 6.10 Å². The van der Waals surface area contributed by atoms with Crippen LogP contribution in [-0.4, -0.2) is 35.0 Å². The summed E-state index contributed by atoms with van der Waals surface area (Å²) in [6.07, 6.45) is 10.0. The molecule has 4 heteroatoms. The van der Waals surface area contributed by atoms with Crippen LogP contribution in [0.2, 0.25) is 0 Å². The van der Waals surface area contributed by atoms with Gasteiger partial charge in [-0.15, -0.1) is 0 Å². The highest BCUT2D eigenvalue weighted by atomic mass is 16.5. The first-order valence-electron chi connectivity index (χ1n) is 10.3. The van der Waals surface area contributed by atoms with Crippen LogP contribution in [0.25, 0.3) is 0 Å². The van der Waals surface area contributed by atoms with Gasteiger partial charge in [0, 0.05) is 23.2 Å². The fraction of sp³-hybridized carbons (Fsp3) is 0.864. The number of hydrogen-bond acceptors (Lipinski definition) is 4. The summed E-state index contributed by atoms with van der Waals surface area (Å²) in [6, 6.07) is 0. The zero-order chi connectivity index (χ0) is 19.0. The quantitative estimate of drug-likeness (QED) is 0.583. The minimum atomic E-state index is -0.408. The molecule has 8 atom stereocenters. The van der Waals surface area contributed by atoms with Crippen molar-refractivity contribution < 1.29 is 19.7 Å². The molecule has 8 unspecified atom stereocenters. The number of carbonyl (C=O) groups is 1. The average molecular weight is 363 g/mol. The minimum Gasteiger partial charge on any atom is -0.462 e. The molecule has 0 radical (unpaired) electrons. The van der Waals surface area contributed by atoms with Gasteiger partial charge in [0.2, 0.25) is 0 Å². The Kier molecular flexibility index (Phi) is 3.96. The first-order chi connectivity index (χ1) is 12.1. The van der Waals surface area contributed by atoms with Crippen LogP contribution in [0.15, 0.2) is 12.2 Å². The van der Waals surface area contributed by atoms with Crippen LogP contribution in [0.1, 0.15) is 66.2 Å². The van der Waals surface area contributed by atoms with Gasteiger partial charge in [-0.2, -0.15) is 0 Å². The number of esters is 1. The maximum absolute atomic E-state index is 11.6. The van der Waals surface area contributed by atoms with Crippen LogP contribution in [0.4, 0.5) is 0 Å². The maximum Gasteiger partial charge on any atom is 0.302 e. The number of ether oxygens (including phenoxy) is 1. The van der Waals surface area contributed by atoms with Crippen LogP contribution in [0.3, 0.4) is 0 Å². The summed E-state index contributed by atoms with van der Waals surface area (Å²) < 4.78 is 5.66. The number of carbonyl (C=O) groups excluding carboxylic acids is 1. The van der Waals surface area contributed by atoms with Crippen molar-refractivity contribution in [3.8, 4) is 0 Å². The first-order valence-corrected chi connectivity index (χ1v) is 10.3. The van der Waals surface area contributed by atoms with E-state index in [1.807, 2.05) is 0 Å². The Hall–Kier alpha value is -0.870. The minimum absolute atomic E-state index is 0.0427. The number of aliphatic hydroxyl groups excluding tert-OH is 2. The topological polar surface area (TPSA) is 66.8 Å². The Morgan fingerprint density at radius 2 is 1.77 bits per heavy atom. The van der Waals surface area contributed by atoms with E-state index < -0.39 is 5.41 Å². The largest absolute Gasteiger partial charge is 0.462 e. The molecule has 2 N–H and O–H groups in total. The van der Waals surface area contributed by atoms with Gasteiger partial charge in [-0.25, -0.2) is 0 Å². The SMILES string of the molecule is CC(=O)OC1CCC2(C)C(CCC34C=CC(C)(CCC23)C4O)C1(C)CO. The molecule has 4 aliphatic rings. The Morgan fingerprint density at radius 1 is 1.08 bits per heavy atom. The molecule has 0 aromatic rings. The number of hydrogen-bond donors (Lipinski definition) is 2. The molecule has 4 rings (SSSR count). The van der Waals surface area contributed by atoms with Crippen LogP contribution in [0, 0.1) is 33.5 Å². The Bertz CT molecular complexity index is 644. The van der Waals surface area contributed by atoms with Gasteiger partial charge >= 0.3 is 5.97 Å². The van der Waals surface area contributed by atoms with Gasteiger partial charge in [-0.1, -0.05) is 32.9 Å². The van der Waals surface area contributed by atoms with Crippen LogP contribution in [-0.2, 0) is 9.53 Å².